The molecule has 2 aromatic rings. The number of ether oxygens (including phenoxy) is 1. The molecule has 1 amide bonds. The lowest BCUT2D eigenvalue weighted by Crippen LogP contribution is -2.23. The molecular formula is C19H26N4O2S. The van der Waals surface area contributed by atoms with E-state index in [1.54, 1.807) is 0 Å². The predicted molar refractivity (Wildman–Crippen MR) is 104 cm³/mol. The van der Waals surface area contributed by atoms with E-state index in [0.717, 1.165) is 35.3 Å². The molecule has 0 bridgehead atoms. The van der Waals surface area contributed by atoms with Gasteiger partial charge in [-0.25, -0.2) is 0 Å². The fraction of sp³-hybridized carbons (Fsp3) is 0.526. The minimum absolute atomic E-state index is 0.0457. The van der Waals surface area contributed by atoms with Crippen LogP contribution in [0.2, 0.25) is 0 Å². The van der Waals surface area contributed by atoms with E-state index in [9.17, 15) is 4.79 Å². The van der Waals surface area contributed by atoms with Gasteiger partial charge in [-0.15, -0.1) is 10.2 Å². The van der Waals surface area contributed by atoms with Crippen molar-refractivity contribution in [2.45, 2.75) is 62.9 Å². The molecule has 0 spiro atoms. The zero-order chi connectivity index (χ0) is 18.7. The molecule has 3 rings (SSSR count). The minimum Gasteiger partial charge on any atom is -0.494 e. The van der Waals surface area contributed by atoms with Crippen molar-refractivity contribution < 1.29 is 9.53 Å². The highest BCUT2D eigenvalue weighted by atomic mass is 32.2. The summed E-state index contributed by atoms with van der Waals surface area (Å²) < 4.78 is 7.64. The Morgan fingerprint density at radius 3 is 2.54 bits per heavy atom. The van der Waals surface area contributed by atoms with Crippen LogP contribution in [-0.2, 0) is 4.79 Å². The highest BCUT2D eigenvalue weighted by molar-refractivity contribution is 8.00. The molecule has 1 aliphatic carbocycles. The highest BCUT2D eigenvalue weighted by Crippen LogP contribution is 2.40. The van der Waals surface area contributed by atoms with E-state index in [0.29, 0.717) is 18.6 Å². The molecule has 1 saturated carbocycles. The van der Waals surface area contributed by atoms with Gasteiger partial charge in [-0.1, -0.05) is 25.6 Å². The van der Waals surface area contributed by atoms with Gasteiger partial charge in [0.1, 0.15) is 11.6 Å². The van der Waals surface area contributed by atoms with E-state index >= 15 is 0 Å². The van der Waals surface area contributed by atoms with Crippen molar-refractivity contribution >= 4 is 23.4 Å². The molecule has 7 heteroatoms. The quantitative estimate of drug-likeness (QED) is 0.700. The first-order chi connectivity index (χ1) is 12.5. The summed E-state index contributed by atoms with van der Waals surface area (Å²) >= 11 is 1.47. The van der Waals surface area contributed by atoms with Crippen LogP contribution in [0.4, 0.5) is 5.69 Å². The topological polar surface area (TPSA) is 69.0 Å². The number of hydrogen-bond acceptors (Lipinski definition) is 5. The van der Waals surface area contributed by atoms with Gasteiger partial charge in [0.15, 0.2) is 5.16 Å². The summed E-state index contributed by atoms with van der Waals surface area (Å²) in [6.07, 6.45) is 2.33. The Morgan fingerprint density at radius 2 is 1.96 bits per heavy atom. The zero-order valence-corrected chi connectivity index (χ0v) is 16.5. The number of carbonyl (C=O) groups is 1. The molecule has 1 aromatic carbocycles. The monoisotopic (exact) mass is 374 g/mol. The first kappa shape index (κ1) is 18.8. The summed E-state index contributed by atoms with van der Waals surface area (Å²) in [5, 5.41) is 12.2. The second-order valence-electron chi connectivity index (χ2n) is 6.80. The van der Waals surface area contributed by atoms with Gasteiger partial charge in [0, 0.05) is 17.6 Å². The van der Waals surface area contributed by atoms with Gasteiger partial charge in [-0.3, -0.25) is 4.79 Å². The highest BCUT2D eigenvalue weighted by Gasteiger charge is 2.31. The number of carbonyl (C=O) groups excluding carboxylic acids is 1. The summed E-state index contributed by atoms with van der Waals surface area (Å²) in [6, 6.07) is 7.91. The van der Waals surface area contributed by atoms with Crippen LogP contribution in [0.5, 0.6) is 5.75 Å². The summed E-state index contributed by atoms with van der Waals surface area (Å²) in [5.74, 6) is 2.09. The molecule has 0 saturated heterocycles. The van der Waals surface area contributed by atoms with E-state index in [1.165, 1.54) is 11.8 Å². The summed E-state index contributed by atoms with van der Waals surface area (Å²) in [4.78, 5) is 12.5. The van der Waals surface area contributed by atoms with Gasteiger partial charge in [-0.05, 0) is 51.0 Å². The molecule has 0 aliphatic heterocycles. The van der Waals surface area contributed by atoms with Gasteiger partial charge < -0.3 is 14.6 Å². The van der Waals surface area contributed by atoms with Gasteiger partial charge in [0.25, 0.3) is 0 Å². The number of nitrogens with zero attached hydrogens (tertiary/aromatic N) is 3. The standard InChI is InChI=1S/C19H26N4O2S/c1-5-25-16-10-6-14(7-11-16)20-18(24)13(4)26-19-22-21-17(12(2)3)23(19)15-8-9-15/h6-7,10-13,15H,5,8-9H2,1-4H3,(H,20,24). The van der Waals surface area contributed by atoms with Crippen molar-refractivity contribution in [1.82, 2.24) is 14.8 Å². The van der Waals surface area contributed by atoms with Gasteiger partial charge in [-0.2, -0.15) is 0 Å². The van der Waals surface area contributed by atoms with Crippen LogP contribution in [0.15, 0.2) is 29.4 Å². The van der Waals surface area contributed by atoms with E-state index in [4.69, 9.17) is 4.74 Å². The molecule has 1 N–H and O–H groups in total. The smallest absolute Gasteiger partial charge is 0.237 e. The fourth-order valence-electron chi connectivity index (χ4n) is 2.70. The van der Waals surface area contributed by atoms with E-state index < -0.39 is 0 Å². The van der Waals surface area contributed by atoms with Gasteiger partial charge >= 0.3 is 0 Å². The minimum atomic E-state index is -0.261. The van der Waals surface area contributed by atoms with Crippen molar-refractivity contribution in [2.24, 2.45) is 0 Å². The van der Waals surface area contributed by atoms with Crippen molar-refractivity contribution in [3.8, 4) is 5.75 Å². The van der Waals surface area contributed by atoms with Crippen molar-refractivity contribution in [2.75, 3.05) is 11.9 Å². The van der Waals surface area contributed by atoms with Crippen LogP contribution < -0.4 is 10.1 Å². The Labute approximate surface area is 158 Å². The van der Waals surface area contributed by atoms with Crippen LogP contribution in [0.25, 0.3) is 0 Å². The lowest BCUT2D eigenvalue weighted by atomic mass is 10.2. The Hall–Kier alpha value is -2.02. The number of benzene rings is 1. The number of thioether (sulfide) groups is 1. The van der Waals surface area contributed by atoms with E-state index in [-0.39, 0.29) is 11.2 Å². The SMILES string of the molecule is CCOc1ccc(NC(=O)C(C)Sc2nnc(C(C)C)n2C2CC2)cc1. The molecule has 1 fully saturated rings. The van der Waals surface area contributed by atoms with Crippen LogP contribution >= 0.6 is 11.8 Å². The molecule has 0 radical (unpaired) electrons. The summed E-state index contributed by atoms with van der Waals surface area (Å²) in [5.41, 5.74) is 0.762. The number of amides is 1. The van der Waals surface area contributed by atoms with Gasteiger partial charge in [0.05, 0.1) is 11.9 Å². The van der Waals surface area contributed by atoms with E-state index in [2.05, 4.69) is 33.9 Å². The van der Waals surface area contributed by atoms with Crippen LogP contribution in [-0.4, -0.2) is 32.5 Å². The van der Waals surface area contributed by atoms with Crippen molar-refractivity contribution in [1.29, 1.82) is 0 Å². The maximum Gasteiger partial charge on any atom is 0.237 e. The van der Waals surface area contributed by atoms with Crippen LogP contribution in [0, 0.1) is 0 Å². The Morgan fingerprint density at radius 1 is 1.27 bits per heavy atom. The number of nitrogens with one attached hydrogen (secondary N) is 1. The van der Waals surface area contributed by atoms with Gasteiger partial charge in [0.2, 0.25) is 5.91 Å². The molecule has 1 heterocycles. The molecule has 1 aromatic heterocycles. The number of aromatic nitrogens is 3. The molecule has 1 aliphatic rings. The Kier molecular flexibility index (Phi) is 5.86. The summed E-state index contributed by atoms with van der Waals surface area (Å²) in [6.45, 7) is 8.72. The lowest BCUT2D eigenvalue weighted by molar-refractivity contribution is -0.115. The molecule has 1 atom stereocenters. The molecular weight excluding hydrogens is 348 g/mol. The van der Waals surface area contributed by atoms with Crippen molar-refractivity contribution in [3.05, 3.63) is 30.1 Å². The molecule has 1 unspecified atom stereocenters. The maximum atomic E-state index is 12.5. The average Bonchev–Trinajstić information content (AvgIpc) is 3.36. The molecule has 140 valence electrons. The first-order valence-electron chi connectivity index (χ1n) is 9.14. The lowest BCUT2D eigenvalue weighted by Gasteiger charge is -2.14. The third-order valence-electron chi connectivity index (χ3n) is 4.20. The maximum absolute atomic E-state index is 12.5. The number of hydrogen-bond donors (Lipinski definition) is 1. The van der Waals surface area contributed by atoms with Crippen LogP contribution in [0.3, 0.4) is 0 Å². The third-order valence-corrected chi connectivity index (χ3v) is 5.26. The largest absolute Gasteiger partial charge is 0.494 e. The Balaban J connectivity index is 1.64. The number of rotatable bonds is 8. The first-order valence-corrected chi connectivity index (χ1v) is 10.0. The predicted octanol–water partition coefficient (Wildman–Crippen LogP) is 4.25. The zero-order valence-electron chi connectivity index (χ0n) is 15.7. The second-order valence-corrected chi connectivity index (χ2v) is 8.11. The Bertz CT molecular complexity index is 753. The molecule has 6 nitrogen and oxygen atoms in total. The van der Waals surface area contributed by atoms with Crippen molar-refractivity contribution in [3.63, 3.8) is 0 Å². The summed E-state index contributed by atoms with van der Waals surface area (Å²) in [7, 11) is 0. The van der Waals surface area contributed by atoms with Crippen LogP contribution in [0.1, 0.15) is 58.3 Å². The third kappa shape index (κ3) is 4.38. The second kappa shape index (κ2) is 8.12. The normalized spacial score (nSPS) is 15.1. The molecule has 26 heavy (non-hydrogen) atoms. The number of anilines is 1. The average molecular weight is 375 g/mol. The van der Waals surface area contributed by atoms with E-state index in [1.807, 2.05) is 38.1 Å². The fourth-order valence-corrected chi connectivity index (χ4v) is 3.62.